The Morgan fingerprint density at radius 1 is 1.27 bits per heavy atom. The summed E-state index contributed by atoms with van der Waals surface area (Å²) in [6.45, 7) is 2.91. The number of aliphatic hydroxyl groups is 1. The summed E-state index contributed by atoms with van der Waals surface area (Å²) in [6.07, 6.45) is 5.65. The average molecular weight is 646 g/mol. The number of benzene rings is 2. The molecule has 37 heavy (non-hydrogen) atoms. The fraction of sp³-hybridized carbons (Fsp3) is 0.440. The summed E-state index contributed by atoms with van der Waals surface area (Å²) in [5.74, 6) is -1.97. The number of likely N-dealkylation sites (tertiary alicyclic amines) is 1. The van der Waals surface area contributed by atoms with Crippen LogP contribution in [-0.4, -0.2) is 69.5 Å². The predicted octanol–water partition coefficient (Wildman–Crippen LogP) is 4.63. The molecule has 4 N–H and O–H groups in total. The first-order chi connectivity index (χ1) is 17.8. The number of aromatic nitrogens is 2. The van der Waals surface area contributed by atoms with Crippen LogP contribution in [0.1, 0.15) is 36.0 Å². The molecular formula is C25H30ClFIN5O4. The molecule has 0 radical (unpaired) electrons. The van der Waals surface area contributed by atoms with E-state index in [0.717, 1.165) is 23.0 Å². The van der Waals surface area contributed by atoms with Gasteiger partial charge in [0, 0.05) is 29.2 Å². The van der Waals surface area contributed by atoms with Crippen LogP contribution in [0.25, 0.3) is 11.0 Å². The van der Waals surface area contributed by atoms with Crippen LogP contribution in [-0.2, 0) is 11.4 Å². The van der Waals surface area contributed by atoms with Crippen molar-refractivity contribution >= 4 is 62.6 Å². The number of nitrogens with zero attached hydrogens (tertiary/aromatic N) is 3. The van der Waals surface area contributed by atoms with Gasteiger partial charge in [-0.1, -0.05) is 11.6 Å². The third kappa shape index (κ3) is 7.30. The van der Waals surface area contributed by atoms with Gasteiger partial charge in [0.05, 0.1) is 47.0 Å². The van der Waals surface area contributed by atoms with E-state index >= 15 is 4.39 Å². The summed E-state index contributed by atoms with van der Waals surface area (Å²) >= 11 is 8.34. The molecule has 2 fully saturated rings. The Bertz CT molecular complexity index is 1250. The van der Waals surface area contributed by atoms with Gasteiger partial charge in [-0.25, -0.2) is 14.2 Å². The minimum absolute atomic E-state index is 0.111. The van der Waals surface area contributed by atoms with E-state index in [9.17, 15) is 15.0 Å². The normalized spacial score (nSPS) is 15.8. The second-order valence-corrected chi connectivity index (χ2v) is 10.8. The lowest BCUT2D eigenvalue weighted by atomic mass is 10.1. The second-order valence-electron chi connectivity index (χ2n) is 9.19. The van der Waals surface area contributed by atoms with Crippen molar-refractivity contribution < 1.29 is 24.2 Å². The van der Waals surface area contributed by atoms with Crippen LogP contribution in [0.2, 0.25) is 5.02 Å². The number of aromatic carboxylic acids is 1. The van der Waals surface area contributed by atoms with Crippen molar-refractivity contribution in [2.75, 3.05) is 32.1 Å². The number of rotatable bonds is 10. The summed E-state index contributed by atoms with van der Waals surface area (Å²) in [6, 6.07) is 7.30. The van der Waals surface area contributed by atoms with Crippen molar-refractivity contribution in [2.24, 2.45) is 0 Å². The van der Waals surface area contributed by atoms with E-state index in [0.29, 0.717) is 41.9 Å². The molecular weight excluding hydrogens is 616 g/mol. The Labute approximate surface area is 233 Å². The number of carbonyl (C=O) groups is 1. The van der Waals surface area contributed by atoms with Gasteiger partial charge in [0.2, 0.25) is 0 Å². The molecule has 0 spiro atoms. The van der Waals surface area contributed by atoms with Crippen LogP contribution in [0.4, 0.5) is 15.8 Å². The number of nitrogens with one attached hydrogen (secondary N) is 2. The van der Waals surface area contributed by atoms with Gasteiger partial charge in [-0.3, -0.25) is 4.90 Å². The Hall–Kier alpha value is -2.03. The molecule has 2 aliphatic rings. The van der Waals surface area contributed by atoms with Crippen molar-refractivity contribution in [3.8, 4) is 0 Å². The summed E-state index contributed by atoms with van der Waals surface area (Å²) in [4.78, 5) is 22.9. The summed E-state index contributed by atoms with van der Waals surface area (Å²) in [7, 11) is 1.65. The first-order valence-electron chi connectivity index (χ1n) is 12.1. The number of β-amino-alcohol motifs (C(OH)–C–C–N with tert-alkyl or cyclic N) is 1. The van der Waals surface area contributed by atoms with Crippen LogP contribution >= 0.6 is 34.2 Å². The van der Waals surface area contributed by atoms with Gasteiger partial charge in [-0.05, 0) is 79.1 Å². The van der Waals surface area contributed by atoms with Crippen molar-refractivity contribution in [3.05, 3.63) is 50.6 Å². The number of halogens is 3. The van der Waals surface area contributed by atoms with Gasteiger partial charge in [-0.2, -0.15) is 5.48 Å². The SMILES string of the molecule is CONC1CC1.O=C(O)c1cc2c(ncn2CCCCN2CC(O)C2)c(F)c1Nc1ccc(I)cc1Cl. The Balaban J connectivity index is 0.000000469. The number of aryl methyl sites for hydroxylation is 1. The molecule has 5 rings (SSSR count). The van der Waals surface area contributed by atoms with Crippen LogP contribution < -0.4 is 10.8 Å². The monoisotopic (exact) mass is 645 g/mol. The van der Waals surface area contributed by atoms with E-state index in [1.54, 1.807) is 29.9 Å². The van der Waals surface area contributed by atoms with E-state index in [1.165, 1.54) is 25.2 Å². The lowest BCUT2D eigenvalue weighted by molar-refractivity contribution is 0.00141. The Kier molecular flexibility index (Phi) is 9.59. The number of hydroxylamine groups is 1. The Morgan fingerprint density at radius 2 is 2.00 bits per heavy atom. The topological polar surface area (TPSA) is 112 Å². The first-order valence-corrected chi connectivity index (χ1v) is 13.5. The lowest BCUT2D eigenvalue weighted by Gasteiger charge is -2.35. The molecule has 1 saturated carbocycles. The highest BCUT2D eigenvalue weighted by atomic mass is 127. The van der Waals surface area contributed by atoms with Crippen LogP contribution in [0.3, 0.4) is 0 Å². The third-order valence-electron chi connectivity index (χ3n) is 6.20. The number of carboxylic acid groups (broad SMARTS) is 1. The zero-order valence-electron chi connectivity index (χ0n) is 20.4. The molecule has 12 heteroatoms. The number of fused-ring (bicyclic) bond motifs is 1. The van der Waals surface area contributed by atoms with E-state index in [1.807, 2.05) is 0 Å². The largest absolute Gasteiger partial charge is 0.478 e. The standard InChI is InChI=1S/C21H21ClFIN4O3.C4H9NO/c22-15-7-12(24)3-4-16(15)26-19-14(21(30)31)8-17-20(18(19)23)25-11-28(17)6-2-1-5-27-9-13(29)10-27;1-6-5-4-2-3-4/h3-4,7-8,11,13,26,29H,1-2,5-6,9-10H2,(H,30,31);4-5H,2-3H2,1H3. The van der Waals surface area contributed by atoms with Gasteiger partial charge in [0.15, 0.2) is 5.82 Å². The first kappa shape index (κ1) is 28.0. The zero-order valence-corrected chi connectivity index (χ0v) is 23.3. The smallest absolute Gasteiger partial charge is 0.338 e. The third-order valence-corrected chi connectivity index (χ3v) is 7.18. The molecule has 2 heterocycles. The molecule has 200 valence electrons. The highest BCUT2D eigenvalue weighted by molar-refractivity contribution is 14.1. The van der Waals surface area contributed by atoms with Crippen LogP contribution in [0, 0.1) is 9.39 Å². The fourth-order valence-corrected chi connectivity index (χ4v) is 4.97. The quantitative estimate of drug-likeness (QED) is 0.144. The zero-order chi connectivity index (χ0) is 26.5. The lowest BCUT2D eigenvalue weighted by Crippen LogP contribution is -2.50. The van der Waals surface area contributed by atoms with Gasteiger partial charge >= 0.3 is 5.97 Å². The molecule has 0 atom stereocenters. The van der Waals surface area contributed by atoms with Gasteiger partial charge in [0.1, 0.15) is 5.52 Å². The molecule has 1 aromatic heterocycles. The maximum atomic E-state index is 15.3. The molecule has 0 unspecified atom stereocenters. The molecule has 1 aliphatic carbocycles. The van der Waals surface area contributed by atoms with Gasteiger partial charge < -0.3 is 24.9 Å². The van der Waals surface area contributed by atoms with Crippen molar-refractivity contribution in [1.82, 2.24) is 19.9 Å². The van der Waals surface area contributed by atoms with E-state index < -0.39 is 11.8 Å². The number of hydrogen-bond acceptors (Lipinski definition) is 7. The highest BCUT2D eigenvalue weighted by Gasteiger charge is 2.24. The van der Waals surface area contributed by atoms with E-state index in [-0.39, 0.29) is 22.9 Å². The van der Waals surface area contributed by atoms with Gasteiger partial charge in [-0.15, -0.1) is 0 Å². The van der Waals surface area contributed by atoms with Crippen LogP contribution in [0.5, 0.6) is 0 Å². The average Bonchev–Trinajstić information content (AvgIpc) is 3.56. The number of anilines is 2. The summed E-state index contributed by atoms with van der Waals surface area (Å²) in [5.41, 5.74) is 3.44. The number of unbranched alkanes of at least 4 members (excludes halogenated alkanes) is 1. The number of imidazole rings is 1. The molecule has 2 aromatic carbocycles. The maximum Gasteiger partial charge on any atom is 0.338 e. The summed E-state index contributed by atoms with van der Waals surface area (Å²) in [5, 5.41) is 22.2. The molecule has 0 amide bonds. The fourth-order valence-electron chi connectivity index (χ4n) is 4.06. The summed E-state index contributed by atoms with van der Waals surface area (Å²) < 4.78 is 18.0. The minimum Gasteiger partial charge on any atom is -0.478 e. The van der Waals surface area contributed by atoms with Crippen molar-refractivity contribution in [1.29, 1.82) is 0 Å². The molecule has 9 nitrogen and oxygen atoms in total. The molecule has 0 bridgehead atoms. The van der Waals surface area contributed by atoms with E-state index in [2.05, 4.69) is 48.1 Å². The number of carboxylic acids is 1. The minimum atomic E-state index is -1.24. The second kappa shape index (κ2) is 12.7. The predicted molar refractivity (Wildman–Crippen MR) is 149 cm³/mol. The van der Waals surface area contributed by atoms with Crippen molar-refractivity contribution in [3.63, 3.8) is 0 Å². The van der Waals surface area contributed by atoms with Crippen molar-refractivity contribution in [2.45, 2.75) is 44.4 Å². The van der Waals surface area contributed by atoms with Crippen LogP contribution in [0.15, 0.2) is 30.6 Å². The maximum absolute atomic E-state index is 15.3. The molecule has 1 aliphatic heterocycles. The number of hydrogen-bond donors (Lipinski definition) is 4. The number of aliphatic hydroxyl groups excluding tert-OH is 1. The Morgan fingerprint density at radius 3 is 2.59 bits per heavy atom. The van der Waals surface area contributed by atoms with E-state index in [4.69, 9.17) is 11.6 Å². The highest BCUT2D eigenvalue weighted by Crippen LogP contribution is 2.34. The molecule has 1 saturated heterocycles. The van der Waals surface area contributed by atoms with Gasteiger partial charge in [0.25, 0.3) is 0 Å². The molecule has 3 aromatic rings.